The van der Waals surface area contributed by atoms with E-state index in [2.05, 4.69) is 9.97 Å². The number of hydrogen-bond acceptors (Lipinski definition) is 6. The smallest absolute Gasteiger partial charge is 0.313 e. The Morgan fingerprint density at radius 1 is 1.09 bits per heavy atom. The van der Waals surface area contributed by atoms with Gasteiger partial charge in [-0.1, -0.05) is 24.6 Å². The molecule has 122 valence electrons. The number of nitrogens with zero attached hydrogens (tertiary/aromatic N) is 2. The maximum Gasteiger partial charge on any atom is 0.313 e. The summed E-state index contributed by atoms with van der Waals surface area (Å²) in [7, 11) is 0. The molecule has 0 atom stereocenters. The van der Waals surface area contributed by atoms with Crippen LogP contribution in [0.3, 0.4) is 0 Å². The Kier molecular flexibility index (Phi) is 8.74. The standard InChI is InChI=1S/C16H24N2O3S/c1-12-10-13(2)18-16(17-12)22-9-7-5-4-6-8-21-15(20)11-14(3)19/h10H,4-9,11H2,1-3H3. The molecule has 0 fully saturated rings. The summed E-state index contributed by atoms with van der Waals surface area (Å²) in [4.78, 5) is 30.6. The number of carbonyl (C=O) groups excluding carboxylic acids is 2. The van der Waals surface area contributed by atoms with E-state index in [1.807, 2.05) is 19.9 Å². The lowest BCUT2D eigenvalue weighted by molar-refractivity contribution is -0.145. The molecular formula is C16H24N2O3S. The molecule has 1 heterocycles. The highest BCUT2D eigenvalue weighted by molar-refractivity contribution is 7.99. The molecule has 0 aliphatic rings. The highest BCUT2D eigenvalue weighted by atomic mass is 32.2. The van der Waals surface area contributed by atoms with Gasteiger partial charge in [-0.2, -0.15) is 0 Å². The molecule has 0 aliphatic heterocycles. The van der Waals surface area contributed by atoms with Crippen molar-refractivity contribution < 1.29 is 14.3 Å². The molecule has 5 nitrogen and oxygen atoms in total. The van der Waals surface area contributed by atoms with E-state index in [1.165, 1.54) is 6.92 Å². The van der Waals surface area contributed by atoms with Crippen molar-refractivity contribution in [2.75, 3.05) is 12.4 Å². The summed E-state index contributed by atoms with van der Waals surface area (Å²) in [6.45, 7) is 5.75. The van der Waals surface area contributed by atoms with Gasteiger partial charge < -0.3 is 4.74 Å². The Morgan fingerprint density at radius 2 is 1.73 bits per heavy atom. The van der Waals surface area contributed by atoms with Crippen molar-refractivity contribution in [2.24, 2.45) is 0 Å². The number of hydrogen-bond donors (Lipinski definition) is 0. The molecule has 1 aromatic rings. The van der Waals surface area contributed by atoms with Crippen LogP contribution < -0.4 is 0 Å². The number of esters is 1. The largest absolute Gasteiger partial charge is 0.465 e. The number of thioether (sulfide) groups is 1. The van der Waals surface area contributed by atoms with E-state index < -0.39 is 5.97 Å². The summed E-state index contributed by atoms with van der Waals surface area (Å²) < 4.78 is 4.97. The van der Waals surface area contributed by atoms with Gasteiger partial charge >= 0.3 is 5.97 Å². The third-order valence-electron chi connectivity index (χ3n) is 2.89. The van der Waals surface area contributed by atoms with Gasteiger partial charge in [0.15, 0.2) is 5.16 Å². The topological polar surface area (TPSA) is 69.2 Å². The molecular weight excluding hydrogens is 300 g/mol. The number of ether oxygens (including phenoxy) is 1. The van der Waals surface area contributed by atoms with Gasteiger partial charge in [0.1, 0.15) is 12.2 Å². The molecule has 0 bridgehead atoms. The molecule has 0 saturated heterocycles. The molecule has 1 rings (SSSR count). The zero-order valence-corrected chi connectivity index (χ0v) is 14.4. The van der Waals surface area contributed by atoms with E-state index in [9.17, 15) is 9.59 Å². The van der Waals surface area contributed by atoms with Crippen LogP contribution in [0.2, 0.25) is 0 Å². The van der Waals surface area contributed by atoms with E-state index in [4.69, 9.17) is 4.74 Å². The summed E-state index contributed by atoms with van der Waals surface area (Å²) in [6, 6.07) is 1.97. The minimum atomic E-state index is -0.421. The van der Waals surface area contributed by atoms with Crippen LogP contribution in [-0.4, -0.2) is 34.1 Å². The molecule has 1 aromatic heterocycles. The first-order valence-electron chi connectivity index (χ1n) is 7.57. The average molecular weight is 324 g/mol. The summed E-state index contributed by atoms with van der Waals surface area (Å²) >= 11 is 1.68. The monoisotopic (exact) mass is 324 g/mol. The number of carbonyl (C=O) groups is 2. The minimum absolute atomic E-state index is 0.119. The van der Waals surface area contributed by atoms with Crippen LogP contribution in [0.5, 0.6) is 0 Å². The third kappa shape index (κ3) is 8.77. The van der Waals surface area contributed by atoms with Gasteiger partial charge in [-0.3, -0.25) is 9.59 Å². The normalized spacial score (nSPS) is 10.5. The Bertz CT molecular complexity index is 486. The number of aromatic nitrogens is 2. The van der Waals surface area contributed by atoms with Crippen LogP contribution >= 0.6 is 11.8 Å². The van der Waals surface area contributed by atoms with Crippen molar-refractivity contribution in [3.05, 3.63) is 17.5 Å². The Morgan fingerprint density at radius 3 is 2.36 bits per heavy atom. The maximum absolute atomic E-state index is 11.1. The van der Waals surface area contributed by atoms with Gasteiger partial charge in [-0.05, 0) is 39.7 Å². The maximum atomic E-state index is 11.1. The number of aryl methyl sites for hydroxylation is 2. The molecule has 6 heteroatoms. The summed E-state index contributed by atoms with van der Waals surface area (Å²) in [6.07, 6.45) is 3.91. The molecule has 0 radical (unpaired) electrons. The molecule has 0 unspecified atom stereocenters. The molecule has 0 spiro atoms. The summed E-state index contributed by atoms with van der Waals surface area (Å²) in [5.74, 6) is 0.415. The van der Waals surface area contributed by atoms with Crippen LogP contribution in [0.25, 0.3) is 0 Å². The van der Waals surface area contributed by atoms with E-state index in [0.717, 1.165) is 48.0 Å². The molecule has 0 amide bonds. The number of Topliss-reactive ketones (excluding diaryl/α,β-unsaturated/α-hetero) is 1. The van der Waals surface area contributed by atoms with Crippen LogP contribution in [-0.2, 0) is 14.3 Å². The number of ketones is 1. The van der Waals surface area contributed by atoms with E-state index in [-0.39, 0.29) is 12.2 Å². The van der Waals surface area contributed by atoms with Crippen molar-refractivity contribution in [1.82, 2.24) is 9.97 Å². The zero-order valence-electron chi connectivity index (χ0n) is 13.6. The van der Waals surface area contributed by atoms with E-state index in [1.54, 1.807) is 11.8 Å². The lowest BCUT2D eigenvalue weighted by Crippen LogP contribution is -2.09. The lowest BCUT2D eigenvalue weighted by atomic mass is 10.2. The van der Waals surface area contributed by atoms with Crippen LogP contribution in [0.4, 0.5) is 0 Å². The average Bonchev–Trinajstić information content (AvgIpc) is 2.39. The highest BCUT2D eigenvalue weighted by Gasteiger charge is 2.05. The first-order valence-corrected chi connectivity index (χ1v) is 8.56. The van der Waals surface area contributed by atoms with Crippen molar-refractivity contribution >= 4 is 23.5 Å². The van der Waals surface area contributed by atoms with Gasteiger partial charge in [-0.15, -0.1) is 0 Å². The predicted octanol–water partition coefficient (Wildman–Crippen LogP) is 3.27. The first-order chi connectivity index (χ1) is 10.5. The quantitative estimate of drug-likeness (QED) is 0.216. The van der Waals surface area contributed by atoms with Gasteiger partial charge in [0, 0.05) is 17.1 Å². The SMILES string of the molecule is CC(=O)CC(=O)OCCCCCCSc1nc(C)cc(C)n1. The zero-order chi connectivity index (χ0) is 16.4. The number of unbranched alkanes of at least 4 members (excludes halogenated alkanes) is 3. The van der Waals surface area contributed by atoms with Gasteiger partial charge in [-0.25, -0.2) is 9.97 Å². The Labute approximate surface area is 136 Å². The van der Waals surface area contributed by atoms with Gasteiger partial charge in [0.05, 0.1) is 6.61 Å². The Hall–Kier alpha value is -1.43. The fraction of sp³-hybridized carbons (Fsp3) is 0.625. The second kappa shape index (κ2) is 10.3. The fourth-order valence-electron chi connectivity index (χ4n) is 1.92. The van der Waals surface area contributed by atoms with Crippen molar-refractivity contribution in [3.63, 3.8) is 0 Å². The first kappa shape index (κ1) is 18.6. The highest BCUT2D eigenvalue weighted by Crippen LogP contribution is 2.16. The van der Waals surface area contributed by atoms with Crippen LogP contribution in [0, 0.1) is 13.8 Å². The van der Waals surface area contributed by atoms with Gasteiger partial charge in [0.2, 0.25) is 0 Å². The molecule has 0 saturated carbocycles. The summed E-state index contributed by atoms with van der Waals surface area (Å²) in [5, 5.41) is 0.843. The summed E-state index contributed by atoms with van der Waals surface area (Å²) in [5.41, 5.74) is 2.00. The molecule has 0 aromatic carbocycles. The molecule has 22 heavy (non-hydrogen) atoms. The third-order valence-corrected chi connectivity index (χ3v) is 3.82. The molecule has 0 aliphatic carbocycles. The van der Waals surface area contributed by atoms with E-state index >= 15 is 0 Å². The van der Waals surface area contributed by atoms with Crippen molar-refractivity contribution in [2.45, 2.75) is 58.0 Å². The van der Waals surface area contributed by atoms with Crippen molar-refractivity contribution in [1.29, 1.82) is 0 Å². The molecule has 0 N–H and O–H groups in total. The van der Waals surface area contributed by atoms with Crippen molar-refractivity contribution in [3.8, 4) is 0 Å². The second-order valence-corrected chi connectivity index (χ2v) is 6.36. The van der Waals surface area contributed by atoms with E-state index in [0.29, 0.717) is 6.61 Å². The lowest BCUT2D eigenvalue weighted by Gasteiger charge is -2.04. The fourth-order valence-corrected chi connectivity index (χ4v) is 2.87. The minimum Gasteiger partial charge on any atom is -0.465 e. The second-order valence-electron chi connectivity index (χ2n) is 5.30. The van der Waals surface area contributed by atoms with Crippen LogP contribution in [0.1, 0.15) is 50.4 Å². The Balaban J connectivity index is 2.02. The predicted molar refractivity (Wildman–Crippen MR) is 87.0 cm³/mol. The van der Waals surface area contributed by atoms with Gasteiger partial charge in [0.25, 0.3) is 0 Å². The number of rotatable bonds is 10. The van der Waals surface area contributed by atoms with Crippen LogP contribution in [0.15, 0.2) is 11.2 Å².